The van der Waals surface area contributed by atoms with Crippen molar-refractivity contribution in [3.8, 4) is 16.9 Å². The Morgan fingerprint density at radius 3 is 2.54 bits per heavy atom. The largest absolute Gasteiger partial charge is 0.383 e. The molecule has 0 saturated heterocycles. The van der Waals surface area contributed by atoms with Crippen molar-refractivity contribution in [1.29, 1.82) is 0 Å². The molecule has 0 unspecified atom stereocenters. The van der Waals surface area contributed by atoms with Crippen molar-refractivity contribution in [1.82, 2.24) is 19.5 Å². The van der Waals surface area contributed by atoms with Crippen LogP contribution in [-0.4, -0.2) is 19.5 Å². The fourth-order valence-electron chi connectivity index (χ4n) is 3.15. The first-order valence-corrected chi connectivity index (χ1v) is 8.82. The maximum atomic E-state index is 14.1. The normalized spacial score (nSPS) is 11.3. The van der Waals surface area contributed by atoms with E-state index in [1.165, 1.54) is 24.3 Å². The Kier molecular flexibility index (Phi) is 4.35. The lowest BCUT2D eigenvalue weighted by atomic mass is 10.1. The zero-order valence-electron chi connectivity index (χ0n) is 14.7. The van der Waals surface area contributed by atoms with E-state index in [1.54, 1.807) is 16.7 Å². The number of fused-ring (bicyclic) bond motifs is 1. The Balaban J connectivity index is 2.10. The highest BCUT2D eigenvalue weighted by atomic mass is 35.5. The summed E-state index contributed by atoms with van der Waals surface area (Å²) in [6.45, 7) is 1.91. The third-order valence-corrected chi connectivity index (χ3v) is 4.66. The van der Waals surface area contributed by atoms with E-state index in [0.717, 1.165) is 0 Å². The van der Waals surface area contributed by atoms with Gasteiger partial charge < -0.3 is 11.5 Å². The number of nitrogen functional groups attached to an aromatic ring is 2. The molecule has 4 rings (SSSR count). The Morgan fingerprint density at radius 2 is 1.82 bits per heavy atom. The molecule has 2 aromatic carbocycles. The molecule has 142 valence electrons. The summed E-state index contributed by atoms with van der Waals surface area (Å²) in [5.74, 6) is -0.134. The zero-order valence-corrected chi connectivity index (χ0v) is 15.5. The van der Waals surface area contributed by atoms with Gasteiger partial charge in [0.1, 0.15) is 23.3 Å². The van der Waals surface area contributed by atoms with Crippen molar-refractivity contribution < 1.29 is 8.78 Å². The Morgan fingerprint density at radius 1 is 1.04 bits per heavy atom. The summed E-state index contributed by atoms with van der Waals surface area (Å²) >= 11 is 5.80. The highest BCUT2D eigenvalue weighted by molar-refractivity contribution is 6.30. The van der Waals surface area contributed by atoms with Crippen LogP contribution in [0.2, 0.25) is 5.02 Å². The number of anilines is 2. The number of rotatable bonds is 3. The standard InChI is InChI=1S/C19H15ClF2N6/c1-2-15-25-13-6-4-10(21)8-14(13)28(15)18-16(17(23)26-19(24)27-18)9-3-5-11(20)12(22)7-9/h3-8H,2H2,1H3,(H4,23,24,26,27). The zero-order chi connectivity index (χ0) is 20.0. The first kappa shape index (κ1) is 18.1. The van der Waals surface area contributed by atoms with Crippen LogP contribution in [0.4, 0.5) is 20.5 Å². The van der Waals surface area contributed by atoms with Crippen LogP contribution in [0.5, 0.6) is 0 Å². The monoisotopic (exact) mass is 400 g/mol. The van der Waals surface area contributed by atoms with Crippen molar-refractivity contribution in [2.45, 2.75) is 13.3 Å². The van der Waals surface area contributed by atoms with Gasteiger partial charge in [0.25, 0.3) is 0 Å². The van der Waals surface area contributed by atoms with Crippen molar-refractivity contribution in [2.24, 2.45) is 0 Å². The van der Waals surface area contributed by atoms with Crippen molar-refractivity contribution in [2.75, 3.05) is 11.5 Å². The second-order valence-electron chi connectivity index (χ2n) is 6.14. The minimum Gasteiger partial charge on any atom is -0.383 e. The van der Waals surface area contributed by atoms with Crippen LogP contribution in [-0.2, 0) is 6.42 Å². The predicted molar refractivity (Wildman–Crippen MR) is 105 cm³/mol. The van der Waals surface area contributed by atoms with Gasteiger partial charge in [-0.1, -0.05) is 24.6 Å². The molecule has 0 aliphatic rings. The fourth-order valence-corrected chi connectivity index (χ4v) is 3.26. The van der Waals surface area contributed by atoms with Gasteiger partial charge in [0.15, 0.2) is 5.82 Å². The van der Waals surface area contributed by atoms with Crippen molar-refractivity contribution in [3.63, 3.8) is 0 Å². The van der Waals surface area contributed by atoms with Gasteiger partial charge in [0.05, 0.1) is 21.6 Å². The summed E-state index contributed by atoms with van der Waals surface area (Å²) in [7, 11) is 0. The van der Waals surface area contributed by atoms with Crippen LogP contribution in [0.3, 0.4) is 0 Å². The molecule has 9 heteroatoms. The van der Waals surface area contributed by atoms with Gasteiger partial charge in [-0.3, -0.25) is 4.57 Å². The first-order chi connectivity index (χ1) is 13.4. The number of imidazole rings is 1. The Hall–Kier alpha value is -3.26. The molecule has 0 amide bonds. The number of hydrogen-bond donors (Lipinski definition) is 2. The molecule has 0 bridgehead atoms. The molecule has 0 aliphatic heterocycles. The molecular weight excluding hydrogens is 386 g/mol. The lowest BCUT2D eigenvalue weighted by molar-refractivity contribution is 0.628. The van der Waals surface area contributed by atoms with E-state index in [-0.39, 0.29) is 22.6 Å². The summed E-state index contributed by atoms with van der Waals surface area (Å²) < 4.78 is 29.7. The fraction of sp³-hybridized carbons (Fsp3) is 0.105. The molecule has 0 atom stereocenters. The Bertz CT molecular complexity index is 1220. The minimum absolute atomic E-state index is 0.0235. The lowest BCUT2D eigenvalue weighted by Crippen LogP contribution is -2.11. The number of aryl methyl sites for hydroxylation is 1. The van der Waals surface area contributed by atoms with Crippen molar-refractivity contribution in [3.05, 3.63) is 58.9 Å². The number of halogens is 3. The molecule has 2 aromatic heterocycles. The van der Waals surface area contributed by atoms with E-state index in [2.05, 4.69) is 15.0 Å². The summed E-state index contributed by atoms with van der Waals surface area (Å²) in [6.07, 6.45) is 0.536. The SMILES string of the molecule is CCc1nc2ccc(F)cc2n1-c1nc(N)nc(N)c1-c1ccc(Cl)c(F)c1. The van der Waals surface area contributed by atoms with E-state index in [0.29, 0.717) is 34.4 Å². The molecular formula is C19H15ClF2N6. The summed E-state index contributed by atoms with van der Waals surface area (Å²) in [5, 5.41) is -0.0235. The predicted octanol–water partition coefficient (Wildman–Crippen LogP) is 4.14. The summed E-state index contributed by atoms with van der Waals surface area (Å²) in [4.78, 5) is 12.9. The third-order valence-electron chi connectivity index (χ3n) is 4.36. The average Bonchev–Trinajstić information content (AvgIpc) is 3.01. The van der Waals surface area contributed by atoms with Gasteiger partial charge in [-0.15, -0.1) is 0 Å². The van der Waals surface area contributed by atoms with Crippen LogP contribution in [0.15, 0.2) is 36.4 Å². The molecule has 4 N–H and O–H groups in total. The lowest BCUT2D eigenvalue weighted by Gasteiger charge is -2.15. The maximum absolute atomic E-state index is 14.1. The summed E-state index contributed by atoms with van der Waals surface area (Å²) in [6, 6.07) is 8.52. The average molecular weight is 401 g/mol. The third kappa shape index (κ3) is 2.91. The highest BCUT2D eigenvalue weighted by Crippen LogP contribution is 2.35. The van der Waals surface area contributed by atoms with Gasteiger partial charge in [-0.25, -0.2) is 13.8 Å². The number of nitrogens with zero attached hydrogens (tertiary/aromatic N) is 4. The molecule has 0 radical (unpaired) electrons. The molecule has 0 saturated carbocycles. The molecule has 0 aliphatic carbocycles. The molecule has 2 heterocycles. The summed E-state index contributed by atoms with van der Waals surface area (Å²) in [5.41, 5.74) is 13.8. The van der Waals surface area contributed by atoms with Crippen molar-refractivity contribution >= 4 is 34.4 Å². The number of aromatic nitrogens is 4. The van der Waals surface area contributed by atoms with E-state index in [1.807, 2.05) is 6.92 Å². The molecule has 0 fully saturated rings. The van der Waals surface area contributed by atoms with E-state index in [9.17, 15) is 8.78 Å². The maximum Gasteiger partial charge on any atom is 0.224 e. The second kappa shape index (κ2) is 6.72. The molecule has 6 nitrogen and oxygen atoms in total. The van der Waals surface area contributed by atoms with Crippen LogP contribution in [0, 0.1) is 11.6 Å². The Labute approximate surface area is 163 Å². The van der Waals surface area contributed by atoms with Gasteiger partial charge >= 0.3 is 0 Å². The van der Waals surface area contributed by atoms with Gasteiger partial charge in [-0.2, -0.15) is 9.97 Å². The van der Waals surface area contributed by atoms with Crippen LogP contribution >= 0.6 is 11.6 Å². The topological polar surface area (TPSA) is 95.6 Å². The molecule has 4 aromatic rings. The van der Waals surface area contributed by atoms with Crippen LogP contribution in [0.25, 0.3) is 28.0 Å². The van der Waals surface area contributed by atoms with Crippen LogP contribution in [0.1, 0.15) is 12.7 Å². The van der Waals surface area contributed by atoms with Gasteiger partial charge in [0.2, 0.25) is 5.95 Å². The molecule has 28 heavy (non-hydrogen) atoms. The van der Waals surface area contributed by atoms with Gasteiger partial charge in [-0.05, 0) is 29.8 Å². The quantitative estimate of drug-likeness (QED) is 0.538. The number of benzene rings is 2. The van der Waals surface area contributed by atoms with E-state index < -0.39 is 11.6 Å². The van der Waals surface area contributed by atoms with E-state index in [4.69, 9.17) is 23.1 Å². The minimum atomic E-state index is -0.612. The van der Waals surface area contributed by atoms with Crippen LogP contribution < -0.4 is 11.5 Å². The highest BCUT2D eigenvalue weighted by Gasteiger charge is 2.21. The second-order valence-corrected chi connectivity index (χ2v) is 6.55. The molecule has 0 spiro atoms. The number of nitrogens with two attached hydrogens (primary N) is 2. The van der Waals surface area contributed by atoms with E-state index >= 15 is 0 Å². The first-order valence-electron chi connectivity index (χ1n) is 8.44. The number of hydrogen-bond acceptors (Lipinski definition) is 5. The van der Waals surface area contributed by atoms with Gasteiger partial charge in [0, 0.05) is 12.5 Å². The smallest absolute Gasteiger partial charge is 0.224 e.